The minimum atomic E-state index is -0.303. The largest absolute Gasteiger partial charge is 0.369 e. The second-order valence-electron chi connectivity index (χ2n) is 3.91. The average molecular weight is 257 g/mol. The Morgan fingerprint density at radius 1 is 1.26 bits per heavy atom. The zero-order chi connectivity index (χ0) is 13.5. The maximum Gasteiger partial charge on any atom is 0.275 e. The first-order valence-electron chi connectivity index (χ1n) is 6.07. The minimum absolute atomic E-state index is 0.269. The smallest absolute Gasteiger partial charge is 0.275 e. The lowest BCUT2D eigenvalue weighted by atomic mass is 10.3. The van der Waals surface area contributed by atoms with E-state index < -0.39 is 0 Å². The number of anilines is 2. The molecule has 0 aliphatic carbocycles. The van der Waals surface area contributed by atoms with Crippen LogP contribution in [0.2, 0.25) is 0 Å². The quantitative estimate of drug-likeness (QED) is 0.855. The molecule has 98 valence electrons. The monoisotopic (exact) mass is 257 g/mol. The van der Waals surface area contributed by atoms with Crippen molar-refractivity contribution in [1.29, 1.82) is 0 Å². The van der Waals surface area contributed by atoms with Gasteiger partial charge in [-0.1, -0.05) is 6.92 Å². The van der Waals surface area contributed by atoms with Gasteiger partial charge in [0.2, 0.25) is 0 Å². The first-order chi connectivity index (χ1) is 9.29. The van der Waals surface area contributed by atoms with Gasteiger partial charge >= 0.3 is 0 Å². The van der Waals surface area contributed by atoms with Crippen LogP contribution in [0.5, 0.6) is 0 Å². The van der Waals surface area contributed by atoms with Crippen LogP contribution in [-0.4, -0.2) is 27.4 Å². The van der Waals surface area contributed by atoms with E-state index in [2.05, 4.69) is 32.5 Å². The molecule has 0 saturated heterocycles. The Labute approximate surface area is 111 Å². The number of nitrogens with one attached hydrogen (secondary N) is 2. The van der Waals surface area contributed by atoms with E-state index in [4.69, 9.17) is 0 Å². The molecule has 0 bridgehead atoms. The third-order valence-corrected chi connectivity index (χ3v) is 2.36. The molecule has 2 aromatic heterocycles. The fourth-order valence-corrected chi connectivity index (χ4v) is 1.42. The summed E-state index contributed by atoms with van der Waals surface area (Å²) in [5, 5.41) is 5.79. The molecule has 0 radical (unpaired) electrons. The molecule has 2 N–H and O–H groups in total. The topological polar surface area (TPSA) is 79.8 Å². The number of carbonyl (C=O) groups is 1. The molecule has 1 amide bonds. The van der Waals surface area contributed by atoms with Crippen LogP contribution in [0.4, 0.5) is 11.5 Å². The van der Waals surface area contributed by atoms with Gasteiger partial charge in [-0.25, -0.2) is 9.97 Å². The fourth-order valence-electron chi connectivity index (χ4n) is 1.42. The fraction of sp³-hybridized carbons (Fsp3) is 0.231. The Morgan fingerprint density at radius 3 is 2.79 bits per heavy atom. The highest BCUT2D eigenvalue weighted by Gasteiger charge is 2.08. The van der Waals surface area contributed by atoms with Crippen LogP contribution in [-0.2, 0) is 0 Å². The second-order valence-corrected chi connectivity index (χ2v) is 3.91. The van der Waals surface area contributed by atoms with Crippen molar-refractivity contribution in [1.82, 2.24) is 15.0 Å². The Morgan fingerprint density at radius 2 is 2.16 bits per heavy atom. The van der Waals surface area contributed by atoms with Crippen LogP contribution in [0.15, 0.2) is 36.9 Å². The van der Waals surface area contributed by atoms with Gasteiger partial charge in [-0.3, -0.25) is 9.78 Å². The van der Waals surface area contributed by atoms with E-state index in [1.165, 1.54) is 6.20 Å². The molecule has 2 aromatic rings. The van der Waals surface area contributed by atoms with E-state index in [0.717, 1.165) is 13.0 Å². The van der Waals surface area contributed by atoms with E-state index >= 15 is 0 Å². The lowest BCUT2D eigenvalue weighted by Crippen LogP contribution is -2.14. The van der Waals surface area contributed by atoms with Crippen LogP contribution >= 0.6 is 0 Å². The summed E-state index contributed by atoms with van der Waals surface area (Å²) in [6.07, 6.45) is 7.22. The molecule has 0 spiro atoms. The summed E-state index contributed by atoms with van der Waals surface area (Å²) in [4.78, 5) is 24.0. The molecule has 0 aliphatic rings. The van der Waals surface area contributed by atoms with Gasteiger partial charge in [-0.15, -0.1) is 0 Å². The van der Waals surface area contributed by atoms with E-state index in [0.29, 0.717) is 11.5 Å². The van der Waals surface area contributed by atoms with Gasteiger partial charge in [0.25, 0.3) is 5.91 Å². The summed E-state index contributed by atoms with van der Waals surface area (Å²) in [6.45, 7) is 2.89. The first kappa shape index (κ1) is 12.9. The number of hydrogen-bond donors (Lipinski definition) is 2. The van der Waals surface area contributed by atoms with Gasteiger partial charge in [0.15, 0.2) is 0 Å². The predicted octanol–water partition coefficient (Wildman–Crippen LogP) is 1.95. The normalized spacial score (nSPS) is 9.95. The van der Waals surface area contributed by atoms with Crippen molar-refractivity contribution in [2.24, 2.45) is 0 Å². The summed E-state index contributed by atoms with van der Waals surface area (Å²) < 4.78 is 0. The summed E-state index contributed by atoms with van der Waals surface area (Å²) in [7, 11) is 0. The Hall–Kier alpha value is -2.50. The van der Waals surface area contributed by atoms with Crippen LogP contribution < -0.4 is 10.6 Å². The highest BCUT2D eigenvalue weighted by molar-refractivity contribution is 6.02. The molecule has 0 aliphatic heterocycles. The summed E-state index contributed by atoms with van der Waals surface area (Å²) in [6, 6.07) is 3.51. The molecule has 6 nitrogen and oxygen atoms in total. The van der Waals surface area contributed by atoms with Gasteiger partial charge < -0.3 is 10.6 Å². The van der Waals surface area contributed by atoms with E-state index in [9.17, 15) is 4.79 Å². The molecule has 6 heteroatoms. The lowest BCUT2D eigenvalue weighted by Gasteiger charge is -2.05. The number of pyridine rings is 1. The molecule has 0 atom stereocenters. The van der Waals surface area contributed by atoms with E-state index in [-0.39, 0.29) is 11.6 Å². The number of amides is 1. The third kappa shape index (κ3) is 3.74. The van der Waals surface area contributed by atoms with Crippen molar-refractivity contribution >= 4 is 17.4 Å². The molecular formula is C13H15N5O. The Kier molecular flexibility index (Phi) is 4.39. The Balaban J connectivity index is 1.99. The number of aromatic nitrogens is 3. The van der Waals surface area contributed by atoms with Gasteiger partial charge in [-0.05, 0) is 18.6 Å². The van der Waals surface area contributed by atoms with Crippen molar-refractivity contribution in [3.63, 3.8) is 0 Å². The molecule has 0 fully saturated rings. The summed E-state index contributed by atoms with van der Waals surface area (Å²) >= 11 is 0. The van der Waals surface area contributed by atoms with E-state index in [1.807, 2.05) is 0 Å². The highest BCUT2D eigenvalue weighted by atomic mass is 16.1. The molecular weight excluding hydrogens is 242 g/mol. The molecule has 0 aromatic carbocycles. The first-order valence-corrected chi connectivity index (χ1v) is 6.07. The van der Waals surface area contributed by atoms with Gasteiger partial charge in [0, 0.05) is 12.7 Å². The van der Waals surface area contributed by atoms with Crippen molar-refractivity contribution in [3.8, 4) is 0 Å². The number of carbonyl (C=O) groups excluding carboxylic acids is 1. The Bertz CT molecular complexity index is 526. The average Bonchev–Trinajstić information content (AvgIpc) is 2.46. The highest BCUT2D eigenvalue weighted by Crippen LogP contribution is 2.06. The van der Waals surface area contributed by atoms with Crippen LogP contribution in [0, 0.1) is 0 Å². The van der Waals surface area contributed by atoms with Crippen molar-refractivity contribution in [2.75, 3.05) is 17.2 Å². The molecule has 2 rings (SSSR count). The zero-order valence-corrected chi connectivity index (χ0v) is 10.6. The van der Waals surface area contributed by atoms with Gasteiger partial charge in [0.05, 0.1) is 24.3 Å². The maximum atomic E-state index is 11.9. The predicted molar refractivity (Wildman–Crippen MR) is 73.0 cm³/mol. The molecule has 0 saturated carbocycles. The summed E-state index contributed by atoms with van der Waals surface area (Å²) in [5.74, 6) is 0.363. The minimum Gasteiger partial charge on any atom is -0.369 e. The molecule has 0 unspecified atom stereocenters. The van der Waals surface area contributed by atoms with E-state index in [1.54, 1.807) is 30.7 Å². The molecule has 2 heterocycles. The standard InChI is InChI=1S/C13H15N5O/c1-2-5-15-12-9-16-11(8-17-12)13(19)18-10-4-3-6-14-7-10/h3-4,6-9H,2,5H2,1H3,(H,15,17)(H,18,19). The van der Waals surface area contributed by atoms with Gasteiger partial charge in [0.1, 0.15) is 11.5 Å². The second kappa shape index (κ2) is 6.44. The van der Waals surface area contributed by atoms with Crippen molar-refractivity contribution < 1.29 is 4.79 Å². The van der Waals surface area contributed by atoms with Gasteiger partial charge in [-0.2, -0.15) is 0 Å². The van der Waals surface area contributed by atoms with Crippen LogP contribution in [0.25, 0.3) is 0 Å². The summed E-state index contributed by atoms with van der Waals surface area (Å²) in [5.41, 5.74) is 0.897. The van der Waals surface area contributed by atoms with Crippen LogP contribution in [0.1, 0.15) is 23.8 Å². The number of hydrogen-bond acceptors (Lipinski definition) is 5. The SMILES string of the molecule is CCCNc1cnc(C(=O)Nc2cccnc2)cn1. The van der Waals surface area contributed by atoms with Crippen molar-refractivity contribution in [2.45, 2.75) is 13.3 Å². The van der Waals surface area contributed by atoms with Crippen LogP contribution in [0.3, 0.4) is 0 Å². The molecule has 19 heavy (non-hydrogen) atoms. The van der Waals surface area contributed by atoms with Crippen molar-refractivity contribution in [3.05, 3.63) is 42.6 Å². The zero-order valence-electron chi connectivity index (χ0n) is 10.6. The lowest BCUT2D eigenvalue weighted by molar-refractivity contribution is 0.102. The number of nitrogens with zero attached hydrogens (tertiary/aromatic N) is 3. The number of rotatable bonds is 5. The maximum absolute atomic E-state index is 11.9. The third-order valence-electron chi connectivity index (χ3n) is 2.36.